The monoisotopic (exact) mass is 442 g/mol. The van der Waals surface area contributed by atoms with Crippen LogP contribution in [0.5, 0.6) is 0 Å². The van der Waals surface area contributed by atoms with Gasteiger partial charge in [-0.25, -0.2) is 9.97 Å². The summed E-state index contributed by atoms with van der Waals surface area (Å²) in [6, 6.07) is 1.84. The first-order valence-corrected chi connectivity index (χ1v) is 12.1. The molecular weight excluding hydrogens is 424 g/mol. The fraction of sp³-hybridized carbons (Fsp3) is 0.300. The van der Waals surface area contributed by atoms with Crippen molar-refractivity contribution in [2.75, 3.05) is 0 Å². The van der Waals surface area contributed by atoms with Gasteiger partial charge >= 0.3 is 0 Å². The Kier molecular flexibility index (Phi) is 4.89. The first-order valence-electron chi connectivity index (χ1n) is 9.41. The quantitative estimate of drug-likeness (QED) is 0.286. The van der Waals surface area contributed by atoms with Crippen LogP contribution in [0.2, 0.25) is 0 Å². The minimum atomic E-state index is -0.126. The van der Waals surface area contributed by atoms with Crippen LogP contribution in [0.3, 0.4) is 0 Å². The summed E-state index contributed by atoms with van der Waals surface area (Å²) in [4.78, 5) is 39.8. The standard InChI is InChI=1S/C20H18N4O2S3/c1-2-8-24-19(26)15-11-5-3-4-6-13(11)29-18(15)23-20(24)28-10-14-21-12-7-9-27-16(12)17(25)22-14/h2,7,9H,1,3-6,8,10H2,(H,21,22,25). The molecule has 5 rings (SSSR count). The highest BCUT2D eigenvalue weighted by molar-refractivity contribution is 7.98. The zero-order valence-electron chi connectivity index (χ0n) is 15.6. The normalized spacial score (nSPS) is 13.8. The maximum absolute atomic E-state index is 13.3. The van der Waals surface area contributed by atoms with Crippen LogP contribution in [0, 0.1) is 0 Å². The van der Waals surface area contributed by atoms with Gasteiger partial charge in [-0.2, -0.15) is 0 Å². The number of allylic oxidation sites excluding steroid dienone is 1. The lowest BCUT2D eigenvalue weighted by atomic mass is 9.97. The number of aryl methyl sites for hydroxylation is 2. The Morgan fingerprint density at radius 1 is 1.28 bits per heavy atom. The molecule has 1 N–H and O–H groups in total. The SMILES string of the molecule is C=CCn1c(SCc2nc3ccsc3c(=O)[nH]2)nc2sc3c(c2c1=O)CCCC3. The van der Waals surface area contributed by atoms with Crippen molar-refractivity contribution in [1.29, 1.82) is 0 Å². The van der Waals surface area contributed by atoms with Gasteiger partial charge in [-0.3, -0.25) is 14.2 Å². The Labute approximate surface area is 178 Å². The van der Waals surface area contributed by atoms with Crippen molar-refractivity contribution in [1.82, 2.24) is 19.5 Å². The number of rotatable bonds is 5. The summed E-state index contributed by atoms with van der Waals surface area (Å²) in [6.07, 6.45) is 6.01. The van der Waals surface area contributed by atoms with E-state index in [1.165, 1.54) is 40.0 Å². The van der Waals surface area contributed by atoms with Crippen LogP contribution in [0.4, 0.5) is 0 Å². The van der Waals surface area contributed by atoms with Gasteiger partial charge in [-0.1, -0.05) is 17.8 Å². The van der Waals surface area contributed by atoms with Crippen LogP contribution in [0.1, 0.15) is 29.1 Å². The molecule has 0 unspecified atom stereocenters. The van der Waals surface area contributed by atoms with Crippen molar-refractivity contribution >= 4 is 54.9 Å². The molecule has 4 aromatic rings. The molecule has 9 heteroatoms. The summed E-state index contributed by atoms with van der Waals surface area (Å²) in [6.45, 7) is 4.20. The predicted octanol–water partition coefficient (Wildman–Crippen LogP) is 4.11. The van der Waals surface area contributed by atoms with Crippen molar-refractivity contribution in [3.63, 3.8) is 0 Å². The average molecular weight is 443 g/mol. The second kappa shape index (κ2) is 7.55. The number of H-pyrrole nitrogens is 1. The molecule has 0 aliphatic heterocycles. The molecule has 0 aromatic carbocycles. The Morgan fingerprint density at radius 2 is 2.14 bits per heavy atom. The molecule has 1 aliphatic rings. The fourth-order valence-electron chi connectivity index (χ4n) is 3.74. The molecule has 6 nitrogen and oxygen atoms in total. The highest BCUT2D eigenvalue weighted by Crippen LogP contribution is 2.35. The van der Waals surface area contributed by atoms with Gasteiger partial charge in [-0.05, 0) is 42.7 Å². The second-order valence-electron chi connectivity index (χ2n) is 6.93. The summed E-state index contributed by atoms with van der Waals surface area (Å²) in [5.74, 6) is 1.01. The van der Waals surface area contributed by atoms with E-state index in [0.717, 1.165) is 29.5 Å². The molecule has 29 heavy (non-hydrogen) atoms. The van der Waals surface area contributed by atoms with E-state index in [0.29, 0.717) is 33.5 Å². The van der Waals surface area contributed by atoms with E-state index in [1.54, 1.807) is 22.0 Å². The minimum absolute atomic E-state index is 0.00605. The number of hydrogen-bond acceptors (Lipinski definition) is 7. The van der Waals surface area contributed by atoms with Crippen LogP contribution in [-0.4, -0.2) is 19.5 Å². The largest absolute Gasteiger partial charge is 0.309 e. The Bertz CT molecular complexity index is 1360. The first-order chi connectivity index (χ1) is 14.2. The van der Waals surface area contributed by atoms with Gasteiger partial charge in [-0.15, -0.1) is 29.3 Å². The van der Waals surface area contributed by atoms with Crippen LogP contribution in [0.15, 0.2) is 38.8 Å². The van der Waals surface area contributed by atoms with Crippen LogP contribution >= 0.6 is 34.4 Å². The lowest BCUT2D eigenvalue weighted by Gasteiger charge is -2.12. The lowest BCUT2D eigenvalue weighted by molar-refractivity contribution is 0.668. The summed E-state index contributed by atoms with van der Waals surface area (Å²) >= 11 is 4.44. The molecule has 0 fully saturated rings. The van der Waals surface area contributed by atoms with Crippen molar-refractivity contribution in [3.05, 3.63) is 61.1 Å². The number of thiophene rings is 2. The van der Waals surface area contributed by atoms with Gasteiger partial charge in [0.05, 0.1) is 16.7 Å². The maximum Gasteiger partial charge on any atom is 0.268 e. The number of aromatic amines is 1. The Balaban J connectivity index is 1.56. The van der Waals surface area contributed by atoms with Gasteiger partial charge in [0.15, 0.2) is 5.16 Å². The van der Waals surface area contributed by atoms with E-state index in [9.17, 15) is 9.59 Å². The highest BCUT2D eigenvalue weighted by Gasteiger charge is 2.22. The van der Waals surface area contributed by atoms with E-state index >= 15 is 0 Å². The zero-order valence-corrected chi connectivity index (χ0v) is 18.0. The molecular formula is C20H18N4O2S3. The van der Waals surface area contributed by atoms with Crippen LogP contribution < -0.4 is 11.1 Å². The third-order valence-corrected chi connectivity index (χ3v) is 8.13. The van der Waals surface area contributed by atoms with Gasteiger partial charge in [0.2, 0.25) is 0 Å². The summed E-state index contributed by atoms with van der Waals surface area (Å²) < 4.78 is 2.31. The highest BCUT2D eigenvalue weighted by atomic mass is 32.2. The average Bonchev–Trinajstić information content (AvgIpc) is 3.33. The molecule has 0 saturated heterocycles. The van der Waals surface area contributed by atoms with Crippen LogP contribution in [0.25, 0.3) is 20.4 Å². The molecule has 0 atom stereocenters. The molecule has 4 heterocycles. The van der Waals surface area contributed by atoms with Gasteiger partial charge in [0, 0.05) is 11.4 Å². The van der Waals surface area contributed by atoms with Crippen molar-refractivity contribution < 1.29 is 0 Å². The Morgan fingerprint density at radius 3 is 3.00 bits per heavy atom. The van der Waals surface area contributed by atoms with E-state index in [4.69, 9.17) is 4.98 Å². The van der Waals surface area contributed by atoms with Crippen molar-refractivity contribution in [2.45, 2.75) is 43.1 Å². The smallest absolute Gasteiger partial charge is 0.268 e. The summed E-state index contributed by atoms with van der Waals surface area (Å²) in [5, 5.41) is 3.27. The molecule has 0 amide bonds. The van der Waals surface area contributed by atoms with Gasteiger partial charge in [0.1, 0.15) is 15.4 Å². The van der Waals surface area contributed by atoms with E-state index in [-0.39, 0.29) is 11.1 Å². The third kappa shape index (κ3) is 3.27. The lowest BCUT2D eigenvalue weighted by Crippen LogP contribution is -2.23. The molecule has 0 bridgehead atoms. The predicted molar refractivity (Wildman–Crippen MR) is 121 cm³/mol. The number of thioether (sulfide) groups is 1. The van der Waals surface area contributed by atoms with Crippen LogP contribution in [-0.2, 0) is 25.1 Å². The van der Waals surface area contributed by atoms with E-state index in [1.807, 2.05) is 11.4 Å². The third-order valence-electron chi connectivity index (χ3n) is 5.05. The first kappa shape index (κ1) is 18.8. The molecule has 0 saturated carbocycles. The van der Waals surface area contributed by atoms with Gasteiger partial charge < -0.3 is 4.98 Å². The van der Waals surface area contributed by atoms with Crippen molar-refractivity contribution in [3.8, 4) is 0 Å². The maximum atomic E-state index is 13.3. The second-order valence-corrected chi connectivity index (χ2v) is 9.87. The molecule has 0 spiro atoms. The van der Waals surface area contributed by atoms with E-state index in [2.05, 4.69) is 16.5 Å². The molecule has 0 radical (unpaired) electrons. The van der Waals surface area contributed by atoms with E-state index < -0.39 is 0 Å². The van der Waals surface area contributed by atoms with Gasteiger partial charge in [0.25, 0.3) is 11.1 Å². The number of hydrogen-bond donors (Lipinski definition) is 1. The minimum Gasteiger partial charge on any atom is -0.309 e. The number of aromatic nitrogens is 4. The number of nitrogens with zero attached hydrogens (tertiary/aromatic N) is 3. The summed E-state index contributed by atoms with van der Waals surface area (Å²) in [7, 11) is 0. The molecule has 148 valence electrons. The number of fused-ring (bicyclic) bond motifs is 4. The Hall–Kier alpha value is -2.23. The summed E-state index contributed by atoms with van der Waals surface area (Å²) in [5.41, 5.74) is 1.77. The van der Waals surface area contributed by atoms with Crippen molar-refractivity contribution in [2.24, 2.45) is 0 Å². The number of nitrogens with one attached hydrogen (secondary N) is 1. The fourth-order valence-corrected chi connectivity index (χ4v) is 6.65. The molecule has 4 aromatic heterocycles. The topological polar surface area (TPSA) is 80.6 Å². The zero-order chi connectivity index (χ0) is 20.0. The molecule has 1 aliphatic carbocycles.